The minimum absolute atomic E-state index is 0.412. The molecule has 0 aromatic rings. The van der Waals surface area contributed by atoms with Crippen LogP contribution in [-0.4, -0.2) is 14.4 Å². The summed E-state index contributed by atoms with van der Waals surface area (Å²) in [6.45, 7) is 2.35. The molecule has 36 valence electrons. The summed E-state index contributed by atoms with van der Waals surface area (Å²) in [7, 11) is 0.412. The van der Waals surface area contributed by atoms with Crippen LogP contribution in [0.25, 0.3) is 0 Å². The molecule has 1 saturated heterocycles. The van der Waals surface area contributed by atoms with E-state index in [4.69, 9.17) is 0 Å². The molecule has 0 nitrogen and oxygen atoms in total. The van der Waals surface area contributed by atoms with Crippen LogP contribution in [0.1, 0.15) is 6.92 Å². The lowest BCUT2D eigenvalue weighted by atomic mass is 10.3. The second-order valence-electron chi connectivity index (χ2n) is 1.97. The Bertz CT molecular complexity index is 40.8. The Hall–Kier alpha value is 0.567. The Morgan fingerprint density at radius 2 is 2.67 bits per heavy atom. The first-order valence-electron chi connectivity index (χ1n) is 2.47. The standard InChI is InChI=1S/C4H10SSi/c1-4-2-5-6-3-4/h4H,2-3,6H2,1H3. The number of rotatable bonds is 0. The first-order valence-corrected chi connectivity index (χ1v) is 6.36. The van der Waals surface area contributed by atoms with Crippen LogP contribution in [-0.2, 0) is 0 Å². The van der Waals surface area contributed by atoms with Gasteiger partial charge in [0.2, 0.25) is 0 Å². The molecule has 0 radical (unpaired) electrons. The normalized spacial score (nSPS) is 38.5. The van der Waals surface area contributed by atoms with Crippen molar-refractivity contribution in [3.63, 3.8) is 0 Å². The van der Waals surface area contributed by atoms with Crippen molar-refractivity contribution < 1.29 is 0 Å². The van der Waals surface area contributed by atoms with Crippen LogP contribution in [0.2, 0.25) is 6.04 Å². The molecular weight excluding hydrogens is 108 g/mol. The van der Waals surface area contributed by atoms with Crippen molar-refractivity contribution in [3.8, 4) is 0 Å². The Balaban J connectivity index is 2.18. The van der Waals surface area contributed by atoms with Gasteiger partial charge in [-0.1, -0.05) is 13.0 Å². The van der Waals surface area contributed by atoms with Crippen molar-refractivity contribution in [2.75, 3.05) is 5.75 Å². The van der Waals surface area contributed by atoms with Crippen molar-refractivity contribution in [2.24, 2.45) is 5.92 Å². The molecule has 6 heavy (non-hydrogen) atoms. The van der Waals surface area contributed by atoms with E-state index in [1.807, 2.05) is 0 Å². The average molecular weight is 118 g/mol. The van der Waals surface area contributed by atoms with Crippen LogP contribution in [0.3, 0.4) is 0 Å². The highest BCUT2D eigenvalue weighted by Crippen LogP contribution is 2.20. The van der Waals surface area contributed by atoms with Crippen molar-refractivity contribution in [1.82, 2.24) is 0 Å². The van der Waals surface area contributed by atoms with Crippen LogP contribution >= 0.6 is 11.2 Å². The average Bonchev–Trinajstić information content (AvgIpc) is 1.86. The monoisotopic (exact) mass is 118 g/mol. The largest absolute Gasteiger partial charge is 0.193 e. The number of hydrogen-bond donors (Lipinski definition) is 0. The minimum atomic E-state index is 0.412. The van der Waals surface area contributed by atoms with Gasteiger partial charge in [-0.15, -0.1) is 0 Å². The summed E-state index contributed by atoms with van der Waals surface area (Å²) in [4.78, 5) is 0. The molecule has 2 heteroatoms. The number of hydrogen-bond acceptors (Lipinski definition) is 1. The Kier molecular flexibility index (Phi) is 1.59. The summed E-state index contributed by atoms with van der Waals surface area (Å²) >= 11 is 2.22. The van der Waals surface area contributed by atoms with Gasteiger partial charge in [0.1, 0.15) is 0 Å². The third-order valence-corrected chi connectivity index (χ3v) is 5.75. The van der Waals surface area contributed by atoms with E-state index < -0.39 is 0 Å². The summed E-state index contributed by atoms with van der Waals surface area (Å²) in [5, 5.41) is 0. The predicted octanol–water partition coefficient (Wildman–Crippen LogP) is 0.871. The van der Waals surface area contributed by atoms with Gasteiger partial charge in [0.15, 0.2) is 0 Å². The third-order valence-electron chi connectivity index (χ3n) is 1.16. The Morgan fingerprint density at radius 1 is 1.83 bits per heavy atom. The maximum Gasteiger partial charge on any atom is 0.0857 e. The highest BCUT2D eigenvalue weighted by Gasteiger charge is 2.08. The van der Waals surface area contributed by atoms with Crippen LogP contribution in [0.5, 0.6) is 0 Å². The fraction of sp³-hybridized carbons (Fsp3) is 1.00. The lowest BCUT2D eigenvalue weighted by Gasteiger charge is -1.90. The fourth-order valence-corrected chi connectivity index (χ4v) is 5.87. The molecule has 0 aliphatic carbocycles. The molecule has 0 aromatic carbocycles. The van der Waals surface area contributed by atoms with Gasteiger partial charge in [0.25, 0.3) is 0 Å². The van der Waals surface area contributed by atoms with Crippen molar-refractivity contribution in [2.45, 2.75) is 13.0 Å². The van der Waals surface area contributed by atoms with Gasteiger partial charge in [0.05, 0.1) is 8.67 Å². The first kappa shape index (κ1) is 4.72. The summed E-state index contributed by atoms with van der Waals surface area (Å²) < 4.78 is 0. The molecule has 1 aliphatic rings. The molecule has 0 bridgehead atoms. The van der Waals surface area contributed by atoms with Crippen molar-refractivity contribution in [1.29, 1.82) is 0 Å². The van der Waals surface area contributed by atoms with Crippen LogP contribution < -0.4 is 0 Å². The van der Waals surface area contributed by atoms with Gasteiger partial charge in [0, 0.05) is 0 Å². The molecule has 0 spiro atoms. The zero-order valence-corrected chi connectivity index (χ0v) is 6.34. The van der Waals surface area contributed by atoms with Gasteiger partial charge in [-0.2, -0.15) is 11.2 Å². The topological polar surface area (TPSA) is 0 Å². The van der Waals surface area contributed by atoms with E-state index in [2.05, 4.69) is 18.1 Å². The van der Waals surface area contributed by atoms with Gasteiger partial charge in [-0.05, 0) is 11.7 Å². The SMILES string of the molecule is CC1C[SiH2]SC1. The van der Waals surface area contributed by atoms with E-state index >= 15 is 0 Å². The predicted molar refractivity (Wildman–Crippen MR) is 35.0 cm³/mol. The van der Waals surface area contributed by atoms with E-state index in [1.165, 1.54) is 5.75 Å². The molecule has 0 saturated carbocycles. The van der Waals surface area contributed by atoms with Crippen molar-refractivity contribution in [3.05, 3.63) is 0 Å². The Morgan fingerprint density at radius 3 is 2.83 bits per heavy atom. The molecule has 0 amide bonds. The minimum Gasteiger partial charge on any atom is -0.193 e. The van der Waals surface area contributed by atoms with Crippen LogP contribution in [0, 0.1) is 5.92 Å². The zero-order valence-electron chi connectivity index (χ0n) is 4.11. The molecule has 0 aromatic heterocycles. The second kappa shape index (κ2) is 2.03. The van der Waals surface area contributed by atoms with Gasteiger partial charge >= 0.3 is 0 Å². The smallest absolute Gasteiger partial charge is 0.0857 e. The maximum absolute atomic E-state index is 2.35. The molecular formula is C4H10SSi. The fourth-order valence-electron chi connectivity index (χ4n) is 0.652. The summed E-state index contributed by atoms with van der Waals surface area (Å²) in [6, 6.07) is 1.59. The summed E-state index contributed by atoms with van der Waals surface area (Å²) in [6.07, 6.45) is 0. The van der Waals surface area contributed by atoms with Gasteiger partial charge < -0.3 is 0 Å². The molecule has 1 unspecified atom stereocenters. The molecule has 1 rings (SSSR count). The van der Waals surface area contributed by atoms with E-state index in [-0.39, 0.29) is 0 Å². The summed E-state index contributed by atoms with van der Waals surface area (Å²) in [5.74, 6) is 2.54. The van der Waals surface area contributed by atoms with Gasteiger partial charge in [-0.3, -0.25) is 0 Å². The van der Waals surface area contributed by atoms with Crippen LogP contribution in [0.15, 0.2) is 0 Å². The molecule has 1 atom stereocenters. The molecule has 1 heterocycles. The maximum atomic E-state index is 2.35. The molecule has 0 N–H and O–H groups in total. The van der Waals surface area contributed by atoms with E-state index in [1.54, 1.807) is 6.04 Å². The second-order valence-corrected chi connectivity index (χ2v) is 6.15. The third kappa shape index (κ3) is 1.01. The highest BCUT2D eigenvalue weighted by atomic mass is 32.4. The highest BCUT2D eigenvalue weighted by molar-refractivity contribution is 8.22. The zero-order chi connectivity index (χ0) is 4.41. The van der Waals surface area contributed by atoms with E-state index in [0.29, 0.717) is 8.67 Å². The van der Waals surface area contributed by atoms with E-state index in [0.717, 1.165) is 5.92 Å². The van der Waals surface area contributed by atoms with Crippen LogP contribution in [0.4, 0.5) is 0 Å². The lowest BCUT2D eigenvalue weighted by Crippen LogP contribution is -1.85. The van der Waals surface area contributed by atoms with Gasteiger partial charge in [-0.25, -0.2) is 0 Å². The quantitative estimate of drug-likeness (QED) is 0.425. The molecule has 1 fully saturated rings. The molecule has 1 aliphatic heterocycles. The van der Waals surface area contributed by atoms with Crippen molar-refractivity contribution >= 4 is 19.9 Å². The first-order chi connectivity index (χ1) is 2.89. The lowest BCUT2D eigenvalue weighted by molar-refractivity contribution is 0.759. The van der Waals surface area contributed by atoms with E-state index in [9.17, 15) is 0 Å². The Labute approximate surface area is 45.2 Å². The summed E-state index contributed by atoms with van der Waals surface area (Å²) in [5.41, 5.74) is 0.